The first-order valence-corrected chi connectivity index (χ1v) is 12.2. The Morgan fingerprint density at radius 1 is 0.515 bits per heavy atom. The molecule has 6 aromatic carbocycles. The van der Waals surface area contributed by atoms with E-state index in [1.54, 1.807) is 0 Å². The highest BCUT2D eigenvalue weighted by molar-refractivity contribution is 6.26. The van der Waals surface area contributed by atoms with Crippen LogP contribution in [0, 0.1) is 0 Å². The van der Waals surface area contributed by atoms with Crippen molar-refractivity contribution >= 4 is 32.3 Å². The molecule has 0 N–H and O–H groups in total. The van der Waals surface area contributed by atoms with E-state index in [-0.39, 0.29) is 5.41 Å². The Morgan fingerprint density at radius 3 is 2.03 bits per heavy atom. The van der Waals surface area contributed by atoms with Gasteiger partial charge in [-0.1, -0.05) is 98.8 Å². The van der Waals surface area contributed by atoms with E-state index in [9.17, 15) is 0 Å². The van der Waals surface area contributed by atoms with Crippen LogP contribution < -0.4 is 0 Å². The lowest BCUT2D eigenvalue weighted by atomic mass is 9.73. The van der Waals surface area contributed by atoms with Gasteiger partial charge in [0, 0.05) is 5.41 Å². The SMILES string of the molecule is CCC1(CC)c2ccccc2-c2ccc(-c3cc4cccc5ccc6cccc3c6c54)cc21. The molecule has 0 spiro atoms. The number of rotatable bonds is 3. The van der Waals surface area contributed by atoms with Crippen molar-refractivity contribution < 1.29 is 0 Å². The van der Waals surface area contributed by atoms with E-state index in [1.807, 2.05) is 0 Å². The lowest BCUT2D eigenvalue weighted by Crippen LogP contribution is -2.23. The van der Waals surface area contributed by atoms with Gasteiger partial charge in [-0.05, 0) is 90.7 Å². The van der Waals surface area contributed by atoms with Gasteiger partial charge in [0.15, 0.2) is 0 Å². The van der Waals surface area contributed by atoms with Crippen LogP contribution in [0.2, 0.25) is 0 Å². The van der Waals surface area contributed by atoms with Gasteiger partial charge in [0.2, 0.25) is 0 Å². The summed E-state index contributed by atoms with van der Waals surface area (Å²) in [6.07, 6.45) is 2.24. The summed E-state index contributed by atoms with van der Waals surface area (Å²) in [5, 5.41) is 8.11. The molecule has 0 nitrogen and oxygen atoms in total. The monoisotopic (exact) mass is 422 g/mol. The van der Waals surface area contributed by atoms with Crippen molar-refractivity contribution in [2.24, 2.45) is 0 Å². The smallest absolute Gasteiger partial charge is 0.0210 e. The molecule has 0 atom stereocenters. The van der Waals surface area contributed by atoms with Crippen LogP contribution in [0.15, 0.2) is 97.1 Å². The molecule has 0 aromatic heterocycles. The second-order valence-corrected chi connectivity index (χ2v) is 9.57. The molecule has 0 amide bonds. The summed E-state index contributed by atoms with van der Waals surface area (Å²) in [7, 11) is 0. The molecule has 0 bridgehead atoms. The Labute approximate surface area is 194 Å². The molecule has 7 rings (SSSR count). The van der Waals surface area contributed by atoms with Crippen molar-refractivity contribution in [1.82, 2.24) is 0 Å². The van der Waals surface area contributed by atoms with Crippen LogP contribution in [0.25, 0.3) is 54.6 Å². The third-order valence-electron chi connectivity index (χ3n) is 8.29. The molecule has 0 heteroatoms. The summed E-state index contributed by atoms with van der Waals surface area (Å²) in [6, 6.07) is 36.6. The summed E-state index contributed by atoms with van der Waals surface area (Å²) in [5.41, 5.74) is 8.58. The van der Waals surface area contributed by atoms with Crippen molar-refractivity contribution in [3.8, 4) is 22.3 Å². The fourth-order valence-corrected chi connectivity index (χ4v) is 6.64. The summed E-state index contributed by atoms with van der Waals surface area (Å²) in [4.78, 5) is 0. The fraction of sp³-hybridized carbons (Fsp3) is 0.152. The number of fused-ring (bicyclic) bond motifs is 3. The van der Waals surface area contributed by atoms with E-state index in [0.717, 1.165) is 12.8 Å². The van der Waals surface area contributed by atoms with Crippen molar-refractivity contribution in [2.45, 2.75) is 32.1 Å². The predicted octanol–water partition coefficient (Wildman–Crippen LogP) is 9.34. The third kappa shape index (κ3) is 2.36. The first-order chi connectivity index (χ1) is 16.2. The fourth-order valence-electron chi connectivity index (χ4n) is 6.64. The topological polar surface area (TPSA) is 0 Å². The van der Waals surface area contributed by atoms with Crippen LogP contribution in [0.3, 0.4) is 0 Å². The Bertz CT molecular complexity index is 1680. The molecule has 0 aliphatic heterocycles. The van der Waals surface area contributed by atoms with E-state index in [1.165, 1.54) is 65.7 Å². The number of hydrogen-bond donors (Lipinski definition) is 0. The van der Waals surface area contributed by atoms with Gasteiger partial charge in [0.05, 0.1) is 0 Å². The minimum atomic E-state index is 0.0983. The van der Waals surface area contributed by atoms with Crippen LogP contribution in [-0.2, 0) is 5.41 Å². The normalized spacial score (nSPS) is 14.2. The van der Waals surface area contributed by atoms with Gasteiger partial charge in [-0.3, -0.25) is 0 Å². The summed E-state index contributed by atoms with van der Waals surface area (Å²) < 4.78 is 0. The summed E-state index contributed by atoms with van der Waals surface area (Å²) >= 11 is 0. The van der Waals surface area contributed by atoms with E-state index in [4.69, 9.17) is 0 Å². The van der Waals surface area contributed by atoms with Crippen LogP contribution >= 0.6 is 0 Å². The predicted molar refractivity (Wildman–Crippen MR) is 142 cm³/mol. The third-order valence-corrected chi connectivity index (χ3v) is 8.29. The molecule has 1 aliphatic carbocycles. The van der Waals surface area contributed by atoms with E-state index >= 15 is 0 Å². The second-order valence-electron chi connectivity index (χ2n) is 9.57. The van der Waals surface area contributed by atoms with Crippen molar-refractivity contribution in [3.63, 3.8) is 0 Å². The largest absolute Gasteiger partial charge is 0.0642 e. The van der Waals surface area contributed by atoms with Gasteiger partial charge in [0.25, 0.3) is 0 Å². The Morgan fingerprint density at radius 2 is 1.21 bits per heavy atom. The van der Waals surface area contributed by atoms with Crippen molar-refractivity contribution in [2.75, 3.05) is 0 Å². The highest BCUT2D eigenvalue weighted by Gasteiger charge is 2.40. The zero-order valence-electron chi connectivity index (χ0n) is 19.2. The molecule has 0 unspecified atom stereocenters. The zero-order chi connectivity index (χ0) is 22.2. The maximum absolute atomic E-state index is 2.50. The molecule has 0 fully saturated rings. The molecule has 0 saturated carbocycles. The summed E-state index contributed by atoms with van der Waals surface area (Å²) in [5.74, 6) is 0. The molecule has 6 aromatic rings. The molecule has 0 heterocycles. The minimum Gasteiger partial charge on any atom is -0.0642 e. The zero-order valence-corrected chi connectivity index (χ0v) is 19.2. The molecular formula is C33H26. The van der Waals surface area contributed by atoms with E-state index < -0.39 is 0 Å². The van der Waals surface area contributed by atoms with Crippen LogP contribution in [0.1, 0.15) is 37.8 Å². The maximum Gasteiger partial charge on any atom is 0.0210 e. The lowest BCUT2D eigenvalue weighted by Gasteiger charge is -2.30. The average molecular weight is 423 g/mol. The standard InChI is InChI=1S/C33H26/c1-3-33(4-2)29-14-6-5-12-25(29)26-18-17-23(20-30(26)33)28-19-24-11-7-9-21-15-16-22-10-8-13-27(28)32(22)31(21)24/h5-20H,3-4H2,1-2H3. The minimum absolute atomic E-state index is 0.0983. The van der Waals surface area contributed by atoms with Gasteiger partial charge < -0.3 is 0 Å². The highest BCUT2D eigenvalue weighted by Crippen LogP contribution is 2.53. The quantitative estimate of drug-likeness (QED) is 0.249. The molecule has 0 radical (unpaired) electrons. The maximum atomic E-state index is 2.50. The van der Waals surface area contributed by atoms with Gasteiger partial charge in [-0.25, -0.2) is 0 Å². The van der Waals surface area contributed by atoms with Gasteiger partial charge >= 0.3 is 0 Å². The van der Waals surface area contributed by atoms with Gasteiger partial charge in [0.1, 0.15) is 0 Å². The lowest BCUT2D eigenvalue weighted by molar-refractivity contribution is 0.490. The molecule has 158 valence electrons. The Hall–Kier alpha value is -3.64. The molecular weight excluding hydrogens is 396 g/mol. The highest BCUT2D eigenvalue weighted by atomic mass is 14.4. The van der Waals surface area contributed by atoms with Crippen LogP contribution in [0.4, 0.5) is 0 Å². The van der Waals surface area contributed by atoms with Gasteiger partial charge in [-0.2, -0.15) is 0 Å². The Kier molecular flexibility index (Phi) is 3.82. The summed E-state index contributed by atoms with van der Waals surface area (Å²) in [6.45, 7) is 4.69. The van der Waals surface area contributed by atoms with Gasteiger partial charge in [-0.15, -0.1) is 0 Å². The first kappa shape index (κ1) is 18.9. The molecule has 0 saturated heterocycles. The molecule has 33 heavy (non-hydrogen) atoms. The molecule has 1 aliphatic rings. The van der Waals surface area contributed by atoms with E-state index in [0.29, 0.717) is 0 Å². The number of hydrogen-bond acceptors (Lipinski definition) is 0. The number of benzene rings is 6. The Balaban J connectivity index is 1.56. The van der Waals surface area contributed by atoms with Crippen LogP contribution in [-0.4, -0.2) is 0 Å². The van der Waals surface area contributed by atoms with E-state index in [2.05, 4.69) is 111 Å². The average Bonchev–Trinajstić information content (AvgIpc) is 3.16. The van der Waals surface area contributed by atoms with Crippen LogP contribution in [0.5, 0.6) is 0 Å². The first-order valence-electron chi connectivity index (χ1n) is 12.2. The van der Waals surface area contributed by atoms with Crippen molar-refractivity contribution in [1.29, 1.82) is 0 Å². The van der Waals surface area contributed by atoms with Crippen molar-refractivity contribution in [3.05, 3.63) is 108 Å². The second kappa shape index (κ2) is 6.68.